The number of aryl methyl sites for hydroxylation is 1. The summed E-state index contributed by atoms with van der Waals surface area (Å²) in [4.78, 5) is 14.6. The molecule has 0 aliphatic carbocycles. The van der Waals surface area contributed by atoms with E-state index in [-0.39, 0.29) is 29.9 Å². The maximum Gasteiger partial charge on any atom is 0.274 e. The van der Waals surface area contributed by atoms with Crippen molar-refractivity contribution in [1.82, 2.24) is 14.7 Å². The number of rotatable bonds is 4. The zero-order valence-corrected chi connectivity index (χ0v) is 14.1. The molecule has 1 saturated heterocycles. The number of halogens is 2. The number of hydrogen-bond acceptors (Lipinski definition) is 3. The van der Waals surface area contributed by atoms with Gasteiger partial charge in [-0.05, 0) is 50.8 Å². The molecule has 1 aromatic heterocycles. The molecular weight excluding hydrogens is 328 g/mol. The van der Waals surface area contributed by atoms with Gasteiger partial charge in [0.05, 0.1) is 0 Å². The van der Waals surface area contributed by atoms with Crippen LogP contribution in [0.1, 0.15) is 41.9 Å². The number of aliphatic hydroxyl groups is 1. The minimum atomic E-state index is -0.735. The number of piperidine rings is 1. The number of amides is 1. The lowest BCUT2D eigenvalue weighted by Gasteiger charge is -2.35. The number of carbonyl (C=O) groups excluding carboxylic acids is 1. The quantitative estimate of drug-likeness (QED) is 0.923. The first-order chi connectivity index (χ1) is 12.0. The van der Waals surface area contributed by atoms with E-state index in [2.05, 4.69) is 5.10 Å². The largest absolute Gasteiger partial charge is 0.396 e. The standard InChI is InChI=1S/C18H21F2N3O2/c1-12-10-16(18(25)22-8-3-2-4-14(22)7-9-24)21-23(12)17-6-5-13(19)11-15(17)20/h5-6,10-11,14,24H,2-4,7-9H2,1H3/t14-/m1/s1. The number of aromatic nitrogens is 2. The van der Waals surface area contributed by atoms with Crippen molar-refractivity contribution in [2.45, 2.75) is 38.6 Å². The van der Waals surface area contributed by atoms with Gasteiger partial charge in [0, 0.05) is 31.0 Å². The lowest BCUT2D eigenvalue weighted by molar-refractivity contribution is 0.0568. The summed E-state index contributed by atoms with van der Waals surface area (Å²) in [6.07, 6.45) is 3.35. The molecule has 1 aromatic carbocycles. The fraction of sp³-hybridized carbons (Fsp3) is 0.444. The smallest absolute Gasteiger partial charge is 0.274 e. The molecule has 2 aromatic rings. The van der Waals surface area contributed by atoms with Gasteiger partial charge in [0.2, 0.25) is 0 Å². The summed E-state index contributed by atoms with van der Waals surface area (Å²) in [5.74, 6) is -1.62. The molecule has 2 heterocycles. The Balaban J connectivity index is 1.89. The van der Waals surface area contributed by atoms with Gasteiger partial charge in [0.25, 0.3) is 5.91 Å². The minimum absolute atomic E-state index is 0.000682. The van der Waals surface area contributed by atoms with Crippen LogP contribution in [-0.2, 0) is 0 Å². The molecule has 0 bridgehead atoms. The van der Waals surface area contributed by atoms with Crippen molar-refractivity contribution in [2.24, 2.45) is 0 Å². The zero-order valence-electron chi connectivity index (χ0n) is 14.1. The van der Waals surface area contributed by atoms with Crippen LogP contribution in [0.5, 0.6) is 0 Å². The number of carbonyl (C=O) groups is 1. The van der Waals surface area contributed by atoms with Gasteiger partial charge in [-0.1, -0.05) is 0 Å². The van der Waals surface area contributed by atoms with Crippen molar-refractivity contribution < 1.29 is 18.7 Å². The van der Waals surface area contributed by atoms with E-state index >= 15 is 0 Å². The Morgan fingerprint density at radius 1 is 1.32 bits per heavy atom. The Morgan fingerprint density at radius 3 is 2.84 bits per heavy atom. The highest BCUT2D eigenvalue weighted by Gasteiger charge is 2.29. The van der Waals surface area contributed by atoms with Crippen LogP contribution in [0.3, 0.4) is 0 Å². The second-order valence-electron chi connectivity index (χ2n) is 6.34. The van der Waals surface area contributed by atoms with E-state index in [1.807, 2.05) is 0 Å². The van der Waals surface area contributed by atoms with Crippen LogP contribution in [0.4, 0.5) is 8.78 Å². The Kier molecular flexibility index (Phi) is 5.13. The van der Waals surface area contributed by atoms with Crippen molar-refractivity contribution in [3.8, 4) is 5.69 Å². The highest BCUT2D eigenvalue weighted by Crippen LogP contribution is 2.23. The van der Waals surface area contributed by atoms with E-state index in [0.29, 0.717) is 18.7 Å². The Morgan fingerprint density at radius 2 is 2.12 bits per heavy atom. The first-order valence-electron chi connectivity index (χ1n) is 8.45. The maximum atomic E-state index is 14.0. The third kappa shape index (κ3) is 3.56. The highest BCUT2D eigenvalue weighted by atomic mass is 19.1. The molecule has 7 heteroatoms. The van der Waals surface area contributed by atoms with E-state index in [1.165, 1.54) is 10.7 Å². The molecule has 1 fully saturated rings. The summed E-state index contributed by atoms with van der Waals surface area (Å²) in [7, 11) is 0. The molecule has 0 radical (unpaired) electrons. The van der Waals surface area contributed by atoms with Gasteiger partial charge >= 0.3 is 0 Å². The second kappa shape index (κ2) is 7.31. The summed E-state index contributed by atoms with van der Waals surface area (Å²) >= 11 is 0. The number of nitrogens with zero attached hydrogens (tertiary/aromatic N) is 3. The molecule has 1 aliphatic heterocycles. The first kappa shape index (κ1) is 17.5. The molecule has 1 atom stereocenters. The van der Waals surface area contributed by atoms with Crippen LogP contribution >= 0.6 is 0 Å². The van der Waals surface area contributed by atoms with E-state index in [1.54, 1.807) is 17.9 Å². The van der Waals surface area contributed by atoms with Crippen molar-refractivity contribution in [2.75, 3.05) is 13.2 Å². The maximum absolute atomic E-state index is 14.0. The summed E-state index contributed by atoms with van der Waals surface area (Å²) in [5, 5.41) is 13.4. The van der Waals surface area contributed by atoms with Crippen molar-refractivity contribution in [1.29, 1.82) is 0 Å². The summed E-state index contributed by atoms with van der Waals surface area (Å²) in [6, 6.07) is 4.85. The van der Waals surface area contributed by atoms with Gasteiger partial charge in [0.15, 0.2) is 11.5 Å². The number of aliphatic hydroxyl groups excluding tert-OH is 1. The molecule has 1 amide bonds. The average molecular weight is 349 g/mol. The van der Waals surface area contributed by atoms with Crippen LogP contribution in [0.2, 0.25) is 0 Å². The number of hydrogen-bond donors (Lipinski definition) is 1. The Hall–Kier alpha value is -2.28. The predicted octanol–water partition coefficient (Wildman–Crippen LogP) is 2.84. The zero-order chi connectivity index (χ0) is 18.0. The summed E-state index contributed by atoms with van der Waals surface area (Å²) in [6.45, 7) is 2.37. The van der Waals surface area contributed by atoms with E-state index in [9.17, 15) is 18.7 Å². The number of benzene rings is 1. The van der Waals surface area contributed by atoms with E-state index in [4.69, 9.17) is 0 Å². The SMILES string of the molecule is Cc1cc(C(=O)N2CCCC[C@@H]2CCO)nn1-c1ccc(F)cc1F. The summed E-state index contributed by atoms with van der Waals surface area (Å²) < 4.78 is 28.4. The van der Waals surface area contributed by atoms with Gasteiger partial charge in [-0.2, -0.15) is 5.10 Å². The van der Waals surface area contributed by atoms with Crippen LogP contribution in [0.15, 0.2) is 24.3 Å². The van der Waals surface area contributed by atoms with Gasteiger partial charge in [-0.3, -0.25) is 4.79 Å². The van der Waals surface area contributed by atoms with Crippen molar-refractivity contribution >= 4 is 5.91 Å². The van der Waals surface area contributed by atoms with Crippen LogP contribution in [-0.4, -0.2) is 44.9 Å². The lowest BCUT2D eigenvalue weighted by Crippen LogP contribution is -2.44. The van der Waals surface area contributed by atoms with E-state index < -0.39 is 11.6 Å². The van der Waals surface area contributed by atoms with Crippen LogP contribution in [0, 0.1) is 18.6 Å². The third-order valence-electron chi connectivity index (χ3n) is 4.59. The first-order valence-corrected chi connectivity index (χ1v) is 8.45. The fourth-order valence-electron chi connectivity index (χ4n) is 3.34. The van der Waals surface area contributed by atoms with Gasteiger partial charge in [0.1, 0.15) is 11.5 Å². The minimum Gasteiger partial charge on any atom is -0.396 e. The molecule has 0 saturated carbocycles. The molecule has 1 N–H and O–H groups in total. The van der Waals surface area contributed by atoms with Crippen molar-refractivity contribution in [3.63, 3.8) is 0 Å². The van der Waals surface area contributed by atoms with Crippen molar-refractivity contribution in [3.05, 3.63) is 47.3 Å². The molecule has 3 rings (SSSR count). The number of likely N-dealkylation sites (tertiary alicyclic amines) is 1. The third-order valence-corrected chi connectivity index (χ3v) is 4.59. The fourth-order valence-corrected chi connectivity index (χ4v) is 3.34. The second-order valence-corrected chi connectivity index (χ2v) is 6.34. The summed E-state index contributed by atoms with van der Waals surface area (Å²) in [5.41, 5.74) is 0.916. The normalized spacial score (nSPS) is 17.8. The highest BCUT2D eigenvalue weighted by molar-refractivity contribution is 5.92. The Labute approximate surface area is 144 Å². The molecule has 1 aliphatic rings. The molecule has 5 nitrogen and oxygen atoms in total. The molecule has 0 unspecified atom stereocenters. The molecule has 134 valence electrons. The van der Waals surface area contributed by atoms with Gasteiger partial charge in [-0.15, -0.1) is 0 Å². The average Bonchev–Trinajstić information content (AvgIpc) is 2.97. The predicted molar refractivity (Wildman–Crippen MR) is 88.6 cm³/mol. The van der Waals surface area contributed by atoms with Gasteiger partial charge < -0.3 is 10.0 Å². The van der Waals surface area contributed by atoms with Crippen LogP contribution < -0.4 is 0 Å². The Bertz CT molecular complexity index is 774. The van der Waals surface area contributed by atoms with Crippen LogP contribution in [0.25, 0.3) is 5.69 Å². The lowest BCUT2D eigenvalue weighted by atomic mass is 9.99. The molecular formula is C18H21F2N3O2. The molecule has 25 heavy (non-hydrogen) atoms. The monoisotopic (exact) mass is 349 g/mol. The van der Waals surface area contributed by atoms with E-state index in [0.717, 1.165) is 31.4 Å². The topological polar surface area (TPSA) is 58.4 Å². The van der Waals surface area contributed by atoms with Gasteiger partial charge in [-0.25, -0.2) is 13.5 Å². The molecule has 0 spiro atoms.